The molecule has 8 N–H and O–H groups in total. The first-order valence-electron chi connectivity index (χ1n) is 4.82. The van der Waals surface area contributed by atoms with Gasteiger partial charge in [0.15, 0.2) is 0 Å². The maximum Gasteiger partial charge on any atom is 0.0175 e. The van der Waals surface area contributed by atoms with Gasteiger partial charge in [0, 0.05) is 38.8 Å². The highest BCUT2D eigenvalue weighted by Gasteiger charge is 2.05. The Morgan fingerprint density at radius 2 is 1.46 bits per heavy atom. The van der Waals surface area contributed by atoms with Crippen molar-refractivity contribution < 1.29 is 0 Å². The molecule has 5 nitrogen and oxygen atoms in total. The summed E-state index contributed by atoms with van der Waals surface area (Å²) in [6.45, 7) is 4.57. The van der Waals surface area contributed by atoms with Crippen LogP contribution < -0.4 is 22.9 Å². The summed E-state index contributed by atoms with van der Waals surface area (Å²) in [5.41, 5.74) is 22.0. The molecule has 0 aliphatic heterocycles. The SMILES string of the molecule is NCCN(CCN)CCC(N)CN. The quantitative estimate of drug-likeness (QED) is 0.349. The van der Waals surface area contributed by atoms with Crippen LogP contribution in [0, 0.1) is 0 Å². The first-order chi connectivity index (χ1) is 6.24. The lowest BCUT2D eigenvalue weighted by atomic mass is 10.2. The predicted octanol–water partition coefficient (Wildman–Crippen LogP) is -2.12. The molecule has 0 aromatic heterocycles. The van der Waals surface area contributed by atoms with Crippen LogP contribution in [0.5, 0.6) is 0 Å². The molecular formula is C8H23N5. The van der Waals surface area contributed by atoms with Gasteiger partial charge >= 0.3 is 0 Å². The Labute approximate surface area is 80.4 Å². The summed E-state index contributed by atoms with van der Waals surface area (Å²) in [5.74, 6) is 0. The van der Waals surface area contributed by atoms with Gasteiger partial charge in [0.2, 0.25) is 0 Å². The van der Waals surface area contributed by atoms with Crippen molar-refractivity contribution in [2.45, 2.75) is 12.5 Å². The molecule has 1 atom stereocenters. The molecule has 0 aromatic rings. The molecule has 1 unspecified atom stereocenters. The minimum absolute atomic E-state index is 0.0954. The molecule has 0 spiro atoms. The van der Waals surface area contributed by atoms with Gasteiger partial charge in [-0.15, -0.1) is 0 Å². The molecule has 0 aliphatic rings. The van der Waals surface area contributed by atoms with Gasteiger partial charge in [0.25, 0.3) is 0 Å². The van der Waals surface area contributed by atoms with E-state index in [2.05, 4.69) is 4.90 Å². The van der Waals surface area contributed by atoms with Gasteiger partial charge in [0.1, 0.15) is 0 Å². The van der Waals surface area contributed by atoms with E-state index < -0.39 is 0 Å². The molecule has 0 heterocycles. The Kier molecular flexibility index (Phi) is 8.27. The fourth-order valence-electron chi connectivity index (χ4n) is 1.17. The average Bonchev–Trinajstić information content (AvgIpc) is 2.14. The minimum atomic E-state index is 0.0954. The van der Waals surface area contributed by atoms with Crippen LogP contribution in [0.2, 0.25) is 0 Å². The summed E-state index contributed by atoms with van der Waals surface area (Å²) in [6.07, 6.45) is 0.913. The minimum Gasteiger partial charge on any atom is -0.329 e. The van der Waals surface area contributed by atoms with Gasteiger partial charge in [-0.05, 0) is 13.0 Å². The average molecular weight is 189 g/mol. The Hall–Kier alpha value is -0.200. The zero-order chi connectivity index (χ0) is 10.1. The van der Waals surface area contributed by atoms with Gasteiger partial charge in [0.05, 0.1) is 0 Å². The third kappa shape index (κ3) is 6.92. The molecule has 0 saturated heterocycles. The van der Waals surface area contributed by atoms with Crippen molar-refractivity contribution in [1.82, 2.24) is 4.90 Å². The van der Waals surface area contributed by atoms with Crippen molar-refractivity contribution in [1.29, 1.82) is 0 Å². The third-order valence-corrected chi connectivity index (χ3v) is 2.01. The van der Waals surface area contributed by atoms with E-state index in [0.717, 1.165) is 26.1 Å². The predicted molar refractivity (Wildman–Crippen MR) is 56.2 cm³/mol. The number of nitrogens with zero attached hydrogens (tertiary/aromatic N) is 1. The fraction of sp³-hybridized carbons (Fsp3) is 1.00. The van der Waals surface area contributed by atoms with Crippen LogP contribution in [0.25, 0.3) is 0 Å². The molecule has 80 valence electrons. The van der Waals surface area contributed by atoms with Crippen molar-refractivity contribution in [3.05, 3.63) is 0 Å². The van der Waals surface area contributed by atoms with Gasteiger partial charge in [-0.3, -0.25) is 0 Å². The molecule has 0 bridgehead atoms. The highest BCUT2D eigenvalue weighted by molar-refractivity contribution is 4.66. The van der Waals surface area contributed by atoms with E-state index >= 15 is 0 Å². The Morgan fingerprint density at radius 3 is 1.85 bits per heavy atom. The maximum atomic E-state index is 5.70. The number of rotatable bonds is 8. The number of hydrogen-bond acceptors (Lipinski definition) is 5. The molecule has 0 aromatic carbocycles. The normalized spacial score (nSPS) is 13.6. The topological polar surface area (TPSA) is 107 Å². The molecule has 0 rings (SSSR count). The highest BCUT2D eigenvalue weighted by Crippen LogP contribution is 1.92. The second kappa shape index (κ2) is 8.40. The van der Waals surface area contributed by atoms with Gasteiger partial charge in [-0.2, -0.15) is 0 Å². The van der Waals surface area contributed by atoms with E-state index in [1.807, 2.05) is 0 Å². The monoisotopic (exact) mass is 189 g/mol. The van der Waals surface area contributed by atoms with Crippen LogP contribution in [-0.2, 0) is 0 Å². The number of hydrogen-bond donors (Lipinski definition) is 4. The van der Waals surface area contributed by atoms with Crippen LogP contribution in [0.15, 0.2) is 0 Å². The summed E-state index contributed by atoms with van der Waals surface area (Å²) < 4.78 is 0. The van der Waals surface area contributed by atoms with Crippen LogP contribution >= 0.6 is 0 Å². The van der Waals surface area contributed by atoms with Gasteiger partial charge in [-0.25, -0.2) is 0 Å². The van der Waals surface area contributed by atoms with Crippen molar-refractivity contribution >= 4 is 0 Å². The molecule has 0 fully saturated rings. The second-order valence-corrected chi connectivity index (χ2v) is 3.20. The first kappa shape index (κ1) is 12.8. The van der Waals surface area contributed by atoms with Crippen molar-refractivity contribution in [2.75, 3.05) is 39.3 Å². The van der Waals surface area contributed by atoms with E-state index in [0.29, 0.717) is 19.6 Å². The summed E-state index contributed by atoms with van der Waals surface area (Å²) in [4.78, 5) is 2.22. The lowest BCUT2D eigenvalue weighted by Crippen LogP contribution is -2.39. The molecule has 0 aliphatic carbocycles. The lowest BCUT2D eigenvalue weighted by Gasteiger charge is -2.22. The van der Waals surface area contributed by atoms with Crippen LogP contribution in [0.3, 0.4) is 0 Å². The highest BCUT2D eigenvalue weighted by atomic mass is 15.1. The largest absolute Gasteiger partial charge is 0.329 e. The van der Waals surface area contributed by atoms with Crippen LogP contribution in [0.1, 0.15) is 6.42 Å². The fourth-order valence-corrected chi connectivity index (χ4v) is 1.17. The molecule has 5 heteroatoms. The van der Waals surface area contributed by atoms with Crippen LogP contribution in [-0.4, -0.2) is 50.2 Å². The summed E-state index contributed by atoms with van der Waals surface area (Å²) in [7, 11) is 0. The van der Waals surface area contributed by atoms with E-state index in [4.69, 9.17) is 22.9 Å². The Morgan fingerprint density at radius 1 is 0.923 bits per heavy atom. The number of nitrogens with two attached hydrogens (primary N) is 4. The van der Waals surface area contributed by atoms with Gasteiger partial charge in [-0.1, -0.05) is 0 Å². The van der Waals surface area contributed by atoms with E-state index in [1.54, 1.807) is 0 Å². The lowest BCUT2D eigenvalue weighted by molar-refractivity contribution is 0.277. The van der Waals surface area contributed by atoms with Gasteiger partial charge < -0.3 is 27.8 Å². The Balaban J connectivity index is 3.55. The molecule has 13 heavy (non-hydrogen) atoms. The zero-order valence-corrected chi connectivity index (χ0v) is 8.28. The molecular weight excluding hydrogens is 166 g/mol. The summed E-state index contributed by atoms with van der Waals surface area (Å²) in [6, 6.07) is 0.0954. The summed E-state index contributed by atoms with van der Waals surface area (Å²) >= 11 is 0. The zero-order valence-electron chi connectivity index (χ0n) is 8.28. The molecule has 0 amide bonds. The Bertz CT molecular complexity index is 103. The first-order valence-corrected chi connectivity index (χ1v) is 4.82. The van der Waals surface area contributed by atoms with Crippen molar-refractivity contribution in [3.63, 3.8) is 0 Å². The van der Waals surface area contributed by atoms with E-state index in [1.165, 1.54) is 0 Å². The van der Waals surface area contributed by atoms with E-state index in [9.17, 15) is 0 Å². The van der Waals surface area contributed by atoms with Crippen molar-refractivity contribution in [3.8, 4) is 0 Å². The molecule has 0 radical (unpaired) electrons. The second-order valence-electron chi connectivity index (χ2n) is 3.20. The maximum absolute atomic E-state index is 5.70. The van der Waals surface area contributed by atoms with E-state index in [-0.39, 0.29) is 6.04 Å². The van der Waals surface area contributed by atoms with Crippen molar-refractivity contribution in [2.24, 2.45) is 22.9 Å². The third-order valence-electron chi connectivity index (χ3n) is 2.01. The summed E-state index contributed by atoms with van der Waals surface area (Å²) in [5, 5.41) is 0. The van der Waals surface area contributed by atoms with Crippen LogP contribution in [0.4, 0.5) is 0 Å². The standard InChI is InChI=1S/C8H23N5/c9-2-5-13(6-3-10)4-1-8(12)7-11/h8H,1-7,9-12H2. The molecule has 0 saturated carbocycles. The smallest absolute Gasteiger partial charge is 0.0175 e.